The summed E-state index contributed by atoms with van der Waals surface area (Å²) in [5.41, 5.74) is 1.15. The topological polar surface area (TPSA) is 37.3 Å². The van der Waals surface area contributed by atoms with E-state index in [1.54, 1.807) is 48.5 Å². The molecule has 17 heavy (non-hydrogen) atoms. The van der Waals surface area contributed by atoms with Crippen LogP contribution in [0.15, 0.2) is 60.7 Å². The summed E-state index contributed by atoms with van der Waals surface area (Å²) in [7, 11) is 0. The maximum absolute atomic E-state index is 11.9. The summed E-state index contributed by atoms with van der Waals surface area (Å²) in [6.45, 7) is 0. The number of rotatable bonds is 3. The zero-order valence-electron chi connectivity index (χ0n) is 9.41. The molecule has 0 spiro atoms. The highest BCUT2D eigenvalue weighted by molar-refractivity contribution is 6.92. The number of benzene rings is 2. The van der Waals surface area contributed by atoms with Crippen LogP contribution in [0.3, 0.4) is 0 Å². The first-order chi connectivity index (χ1) is 7.79. The van der Waals surface area contributed by atoms with Gasteiger partial charge in [-0.1, -0.05) is 60.7 Å². The van der Waals surface area contributed by atoms with E-state index < -0.39 is 6.10 Å². The summed E-state index contributed by atoms with van der Waals surface area (Å²) < 4.78 is 0. The summed E-state index contributed by atoms with van der Waals surface area (Å²) in [6.07, 6.45) is -1.08. The second-order valence-electron chi connectivity index (χ2n) is 3.54. The molecule has 1 N–H and O–H groups in total. The van der Waals surface area contributed by atoms with E-state index in [0.717, 1.165) is 0 Å². The maximum Gasteiger partial charge on any atom is 0.195 e. The van der Waals surface area contributed by atoms with Crippen molar-refractivity contribution in [3.63, 3.8) is 0 Å². The number of aliphatic hydroxyl groups excluding tert-OH is 1. The highest BCUT2D eigenvalue weighted by atomic mass is 31.0. The molecule has 0 radical (unpaired) electrons. The Bertz CT molecular complexity index is 468. The Morgan fingerprint density at radius 3 is 1.88 bits per heavy atom. The van der Waals surface area contributed by atoms with E-state index in [2.05, 4.69) is 0 Å². The van der Waals surface area contributed by atoms with Crippen LogP contribution >= 0.6 is 9.90 Å². The standard InChI is InChI=1S/C14H12O2.H3P/c15-13(11-7-3-1-4-8-11)14(16)12-9-5-2-6-10-12;/h1-10,13,15H;1H3. The molecule has 0 bridgehead atoms. The van der Waals surface area contributed by atoms with Gasteiger partial charge in [-0.15, -0.1) is 0 Å². The smallest absolute Gasteiger partial charge is 0.195 e. The minimum atomic E-state index is -1.08. The van der Waals surface area contributed by atoms with Gasteiger partial charge in [-0.3, -0.25) is 4.79 Å². The Hall–Kier alpha value is -1.50. The van der Waals surface area contributed by atoms with Crippen molar-refractivity contribution in [1.29, 1.82) is 0 Å². The lowest BCUT2D eigenvalue weighted by molar-refractivity contribution is 0.0747. The SMILES string of the molecule is O=C(c1ccccc1)C(O)c1ccccc1.P. The van der Waals surface area contributed by atoms with Gasteiger partial charge in [0.1, 0.15) is 6.10 Å². The normalized spacial score (nSPS) is 11.4. The molecule has 0 heterocycles. The average molecular weight is 246 g/mol. The van der Waals surface area contributed by atoms with E-state index in [0.29, 0.717) is 11.1 Å². The molecule has 2 unspecified atom stereocenters. The molecule has 0 aliphatic heterocycles. The molecule has 2 aromatic carbocycles. The lowest BCUT2D eigenvalue weighted by Crippen LogP contribution is -2.11. The second-order valence-corrected chi connectivity index (χ2v) is 3.54. The number of ketones is 1. The van der Waals surface area contributed by atoms with Gasteiger partial charge in [0.15, 0.2) is 5.78 Å². The fourth-order valence-corrected chi connectivity index (χ4v) is 1.55. The molecule has 2 nitrogen and oxygen atoms in total. The van der Waals surface area contributed by atoms with Gasteiger partial charge >= 0.3 is 0 Å². The van der Waals surface area contributed by atoms with Gasteiger partial charge in [0.25, 0.3) is 0 Å². The lowest BCUT2D eigenvalue weighted by atomic mass is 10.0. The fourth-order valence-electron chi connectivity index (χ4n) is 1.55. The summed E-state index contributed by atoms with van der Waals surface area (Å²) in [5.74, 6) is -0.271. The van der Waals surface area contributed by atoms with Gasteiger partial charge in [-0.25, -0.2) is 0 Å². The third kappa shape index (κ3) is 3.23. The molecule has 2 rings (SSSR count). The van der Waals surface area contributed by atoms with Crippen LogP contribution in [0.4, 0.5) is 0 Å². The number of carbonyl (C=O) groups is 1. The van der Waals surface area contributed by atoms with Crippen LogP contribution in [0.1, 0.15) is 22.0 Å². The first kappa shape index (κ1) is 13.6. The molecule has 0 aromatic heterocycles. The first-order valence-corrected chi connectivity index (χ1v) is 5.11. The van der Waals surface area contributed by atoms with Gasteiger partial charge < -0.3 is 5.11 Å². The van der Waals surface area contributed by atoms with Gasteiger partial charge in [-0.2, -0.15) is 9.90 Å². The molecular weight excluding hydrogens is 231 g/mol. The Morgan fingerprint density at radius 2 is 1.35 bits per heavy atom. The van der Waals surface area contributed by atoms with Crippen LogP contribution in [0, 0.1) is 0 Å². The van der Waals surface area contributed by atoms with Crippen LogP contribution in [-0.2, 0) is 0 Å². The van der Waals surface area contributed by atoms with E-state index in [1.807, 2.05) is 12.1 Å². The molecular formula is C14H15O2P. The predicted molar refractivity (Wildman–Crippen MR) is 73.3 cm³/mol. The Morgan fingerprint density at radius 1 is 0.882 bits per heavy atom. The van der Waals surface area contributed by atoms with Crippen molar-refractivity contribution in [2.24, 2.45) is 0 Å². The molecule has 88 valence electrons. The van der Waals surface area contributed by atoms with Crippen molar-refractivity contribution >= 4 is 15.7 Å². The van der Waals surface area contributed by atoms with E-state index in [1.165, 1.54) is 0 Å². The highest BCUT2D eigenvalue weighted by Crippen LogP contribution is 2.17. The van der Waals surface area contributed by atoms with E-state index >= 15 is 0 Å². The number of hydrogen-bond acceptors (Lipinski definition) is 2. The van der Waals surface area contributed by atoms with Crippen LogP contribution in [0.25, 0.3) is 0 Å². The first-order valence-electron chi connectivity index (χ1n) is 5.11. The highest BCUT2D eigenvalue weighted by Gasteiger charge is 2.18. The van der Waals surface area contributed by atoms with Crippen LogP contribution in [0.2, 0.25) is 0 Å². The number of aliphatic hydroxyl groups is 1. The molecule has 0 saturated heterocycles. The van der Waals surface area contributed by atoms with Gasteiger partial charge in [0.05, 0.1) is 0 Å². The molecule has 2 atom stereocenters. The van der Waals surface area contributed by atoms with Crippen molar-refractivity contribution in [2.45, 2.75) is 6.10 Å². The van der Waals surface area contributed by atoms with Crippen molar-refractivity contribution in [3.05, 3.63) is 71.8 Å². The van der Waals surface area contributed by atoms with Crippen molar-refractivity contribution < 1.29 is 9.90 Å². The summed E-state index contributed by atoms with van der Waals surface area (Å²) in [4.78, 5) is 11.9. The predicted octanol–water partition coefficient (Wildman–Crippen LogP) is 2.66. The molecule has 0 fully saturated rings. The molecule has 0 saturated carbocycles. The molecule has 0 aliphatic rings. The van der Waals surface area contributed by atoms with Crippen LogP contribution in [-0.4, -0.2) is 10.9 Å². The van der Waals surface area contributed by atoms with Crippen molar-refractivity contribution in [2.75, 3.05) is 0 Å². The van der Waals surface area contributed by atoms with E-state index in [9.17, 15) is 9.90 Å². The Balaban J connectivity index is 0.00000144. The minimum Gasteiger partial charge on any atom is -0.380 e. The van der Waals surface area contributed by atoms with Gasteiger partial charge in [0.2, 0.25) is 0 Å². The van der Waals surface area contributed by atoms with Crippen molar-refractivity contribution in [3.8, 4) is 0 Å². The summed E-state index contributed by atoms with van der Waals surface area (Å²) in [5, 5.41) is 9.89. The fraction of sp³-hybridized carbons (Fsp3) is 0.0714. The monoisotopic (exact) mass is 246 g/mol. The number of hydrogen-bond donors (Lipinski definition) is 1. The Kier molecular flexibility index (Phi) is 5.02. The maximum atomic E-state index is 11.9. The van der Waals surface area contributed by atoms with Crippen LogP contribution in [0.5, 0.6) is 0 Å². The minimum absolute atomic E-state index is 0. The van der Waals surface area contributed by atoms with Crippen LogP contribution < -0.4 is 0 Å². The van der Waals surface area contributed by atoms with Crippen molar-refractivity contribution in [1.82, 2.24) is 0 Å². The molecule has 0 amide bonds. The average Bonchev–Trinajstić information content (AvgIpc) is 2.39. The molecule has 2 aromatic rings. The zero-order chi connectivity index (χ0) is 11.4. The summed E-state index contributed by atoms with van der Waals surface area (Å²) in [6, 6.07) is 17.7. The Labute approximate surface area is 104 Å². The quantitative estimate of drug-likeness (QED) is 0.667. The molecule has 3 heteroatoms. The van der Waals surface area contributed by atoms with Gasteiger partial charge in [0, 0.05) is 5.56 Å². The summed E-state index contributed by atoms with van der Waals surface area (Å²) >= 11 is 0. The third-order valence-corrected chi connectivity index (χ3v) is 2.42. The largest absolute Gasteiger partial charge is 0.380 e. The molecule has 0 aliphatic carbocycles. The van der Waals surface area contributed by atoms with Gasteiger partial charge in [-0.05, 0) is 5.56 Å². The second kappa shape index (κ2) is 6.29. The number of Topliss-reactive ketones (excluding diaryl/α,β-unsaturated/α-hetero) is 1. The third-order valence-electron chi connectivity index (χ3n) is 2.42. The van der Waals surface area contributed by atoms with E-state index in [-0.39, 0.29) is 15.7 Å². The number of carbonyl (C=O) groups excluding carboxylic acids is 1. The van der Waals surface area contributed by atoms with E-state index in [4.69, 9.17) is 0 Å². The zero-order valence-corrected chi connectivity index (χ0v) is 10.8. The lowest BCUT2D eigenvalue weighted by Gasteiger charge is -2.09.